The van der Waals surface area contributed by atoms with Crippen LogP contribution in [0.25, 0.3) is 22.2 Å². The van der Waals surface area contributed by atoms with Crippen LogP contribution >= 0.6 is 0 Å². The maximum Gasteiger partial charge on any atom is 0.335 e. The van der Waals surface area contributed by atoms with Gasteiger partial charge in [0.05, 0.1) is 22.5 Å². The molecule has 1 aliphatic rings. The number of carboxylic acids is 1. The van der Waals surface area contributed by atoms with E-state index in [1.54, 1.807) is 30.6 Å². The van der Waals surface area contributed by atoms with Crippen LogP contribution in [-0.2, 0) is 0 Å². The van der Waals surface area contributed by atoms with Gasteiger partial charge in [0.15, 0.2) is 0 Å². The van der Waals surface area contributed by atoms with Crippen molar-refractivity contribution < 1.29 is 9.90 Å². The number of piperazine rings is 1. The smallest absolute Gasteiger partial charge is 0.335 e. The Labute approximate surface area is 179 Å². The van der Waals surface area contributed by atoms with E-state index in [1.807, 2.05) is 24.3 Å². The Morgan fingerprint density at radius 1 is 0.839 bits per heavy atom. The molecule has 0 unspecified atom stereocenters. The third-order valence-corrected chi connectivity index (χ3v) is 5.54. The van der Waals surface area contributed by atoms with E-state index in [4.69, 9.17) is 4.98 Å². The van der Waals surface area contributed by atoms with Gasteiger partial charge in [0, 0.05) is 49.5 Å². The first kappa shape index (κ1) is 19.0. The van der Waals surface area contributed by atoms with Gasteiger partial charge in [0.1, 0.15) is 0 Å². The molecule has 0 aliphatic carbocycles. The number of carbonyl (C=O) groups is 1. The van der Waals surface area contributed by atoms with E-state index in [1.165, 1.54) is 0 Å². The van der Waals surface area contributed by atoms with Gasteiger partial charge in [0.25, 0.3) is 0 Å². The van der Waals surface area contributed by atoms with Crippen LogP contribution in [0.5, 0.6) is 0 Å². The van der Waals surface area contributed by atoms with Gasteiger partial charge in [-0.2, -0.15) is 0 Å². The Morgan fingerprint density at radius 3 is 2.26 bits per heavy atom. The van der Waals surface area contributed by atoms with Crippen LogP contribution in [0.4, 0.5) is 11.6 Å². The van der Waals surface area contributed by atoms with Crippen molar-refractivity contribution in [1.29, 1.82) is 0 Å². The first-order valence-electron chi connectivity index (χ1n) is 10.2. The van der Waals surface area contributed by atoms with Crippen molar-refractivity contribution in [2.75, 3.05) is 36.0 Å². The molecule has 0 amide bonds. The molecule has 2 aromatic carbocycles. The minimum absolute atomic E-state index is 0.263. The highest BCUT2D eigenvalue weighted by Crippen LogP contribution is 2.33. The van der Waals surface area contributed by atoms with Crippen LogP contribution in [0.3, 0.4) is 0 Å². The lowest BCUT2D eigenvalue weighted by Gasteiger charge is -2.36. The summed E-state index contributed by atoms with van der Waals surface area (Å²) in [6, 6.07) is 19.0. The second kappa shape index (κ2) is 8.02. The van der Waals surface area contributed by atoms with Gasteiger partial charge in [-0.3, -0.25) is 0 Å². The fourth-order valence-electron chi connectivity index (χ4n) is 3.95. The van der Waals surface area contributed by atoms with Crippen molar-refractivity contribution in [1.82, 2.24) is 15.0 Å². The Hall–Kier alpha value is -4.00. The standard InChI is InChI=1S/C24H21N5O2/c30-23(31)18-7-8-20-19(15-18)16-21(22(27-20)17-5-2-1-3-6-17)28-11-13-29(14-12-28)24-25-9-4-10-26-24/h1-10,15-16H,11-14H2,(H,30,31). The number of aromatic nitrogens is 3. The highest BCUT2D eigenvalue weighted by atomic mass is 16.4. The molecule has 2 aromatic heterocycles. The average molecular weight is 411 g/mol. The lowest BCUT2D eigenvalue weighted by molar-refractivity contribution is 0.0697. The van der Waals surface area contributed by atoms with Gasteiger partial charge in [-0.15, -0.1) is 0 Å². The van der Waals surface area contributed by atoms with E-state index in [-0.39, 0.29) is 5.56 Å². The predicted molar refractivity (Wildman–Crippen MR) is 121 cm³/mol. The topological polar surface area (TPSA) is 82.5 Å². The first-order valence-corrected chi connectivity index (χ1v) is 10.2. The molecule has 1 fully saturated rings. The molecule has 0 bridgehead atoms. The predicted octanol–water partition coefficient (Wildman–Crippen LogP) is 3.72. The number of carboxylic acid groups (broad SMARTS) is 1. The summed E-state index contributed by atoms with van der Waals surface area (Å²) < 4.78 is 0. The molecule has 4 aromatic rings. The second-order valence-corrected chi connectivity index (χ2v) is 7.46. The third-order valence-electron chi connectivity index (χ3n) is 5.54. The Morgan fingerprint density at radius 2 is 1.55 bits per heavy atom. The molecular weight excluding hydrogens is 390 g/mol. The molecular formula is C24H21N5O2. The summed E-state index contributed by atoms with van der Waals surface area (Å²) in [5.74, 6) is -0.194. The molecule has 3 heterocycles. The van der Waals surface area contributed by atoms with E-state index < -0.39 is 5.97 Å². The lowest BCUT2D eigenvalue weighted by Crippen LogP contribution is -2.47. The van der Waals surface area contributed by atoms with Crippen LogP contribution in [0, 0.1) is 0 Å². The maximum atomic E-state index is 11.4. The Balaban J connectivity index is 1.53. The van der Waals surface area contributed by atoms with Crippen molar-refractivity contribution in [3.05, 3.63) is 78.6 Å². The van der Waals surface area contributed by atoms with Gasteiger partial charge in [0.2, 0.25) is 5.95 Å². The number of nitrogens with zero attached hydrogens (tertiary/aromatic N) is 5. The van der Waals surface area contributed by atoms with Gasteiger partial charge >= 0.3 is 5.97 Å². The monoisotopic (exact) mass is 411 g/mol. The van der Waals surface area contributed by atoms with Crippen molar-refractivity contribution in [3.63, 3.8) is 0 Å². The minimum atomic E-state index is -0.938. The van der Waals surface area contributed by atoms with Crippen LogP contribution in [0.15, 0.2) is 73.1 Å². The van der Waals surface area contributed by atoms with Crippen molar-refractivity contribution in [2.45, 2.75) is 0 Å². The number of hydrogen-bond donors (Lipinski definition) is 1. The van der Waals surface area contributed by atoms with E-state index in [9.17, 15) is 9.90 Å². The molecule has 7 heteroatoms. The summed E-state index contributed by atoms with van der Waals surface area (Å²) in [5, 5.41) is 10.2. The van der Waals surface area contributed by atoms with Gasteiger partial charge < -0.3 is 14.9 Å². The number of pyridine rings is 1. The van der Waals surface area contributed by atoms with Crippen LogP contribution < -0.4 is 9.80 Å². The molecule has 1 N–H and O–H groups in total. The molecule has 0 spiro atoms. The van der Waals surface area contributed by atoms with E-state index in [0.717, 1.165) is 60.0 Å². The number of fused-ring (bicyclic) bond motifs is 1. The number of rotatable bonds is 4. The third kappa shape index (κ3) is 3.77. The molecule has 7 nitrogen and oxygen atoms in total. The molecule has 0 atom stereocenters. The SMILES string of the molecule is O=C(O)c1ccc2nc(-c3ccccc3)c(N3CCN(c4ncccn4)CC3)cc2c1. The summed E-state index contributed by atoms with van der Waals surface area (Å²) in [5.41, 5.74) is 3.99. The van der Waals surface area contributed by atoms with Gasteiger partial charge in [-0.05, 0) is 30.3 Å². The van der Waals surface area contributed by atoms with Crippen molar-refractivity contribution >= 4 is 28.5 Å². The maximum absolute atomic E-state index is 11.4. The van der Waals surface area contributed by atoms with Crippen molar-refractivity contribution in [2.24, 2.45) is 0 Å². The summed E-state index contributed by atoms with van der Waals surface area (Å²) in [6.45, 7) is 3.19. The van der Waals surface area contributed by atoms with E-state index in [2.05, 4.69) is 38.0 Å². The minimum Gasteiger partial charge on any atom is -0.478 e. The Kier molecular flexibility index (Phi) is 4.92. The largest absolute Gasteiger partial charge is 0.478 e. The number of aromatic carboxylic acids is 1. The fourth-order valence-corrected chi connectivity index (χ4v) is 3.95. The Bertz CT molecular complexity index is 1220. The zero-order valence-electron chi connectivity index (χ0n) is 16.8. The molecule has 0 saturated carbocycles. The van der Waals surface area contributed by atoms with Crippen LogP contribution in [-0.4, -0.2) is 52.2 Å². The van der Waals surface area contributed by atoms with Crippen molar-refractivity contribution in [3.8, 4) is 11.3 Å². The van der Waals surface area contributed by atoms with Gasteiger partial charge in [-0.1, -0.05) is 30.3 Å². The normalized spacial score (nSPS) is 14.1. The highest BCUT2D eigenvalue weighted by Gasteiger charge is 2.22. The molecule has 1 aliphatic heterocycles. The molecule has 154 valence electrons. The van der Waals surface area contributed by atoms with E-state index in [0.29, 0.717) is 0 Å². The number of benzene rings is 2. The zero-order chi connectivity index (χ0) is 21.2. The summed E-state index contributed by atoms with van der Waals surface area (Å²) in [4.78, 5) is 29.6. The lowest BCUT2D eigenvalue weighted by atomic mass is 10.0. The molecule has 0 radical (unpaired) electrons. The molecule has 31 heavy (non-hydrogen) atoms. The highest BCUT2D eigenvalue weighted by molar-refractivity contribution is 5.96. The fraction of sp³-hybridized carbons (Fsp3) is 0.167. The average Bonchev–Trinajstić information content (AvgIpc) is 2.84. The molecule has 1 saturated heterocycles. The van der Waals surface area contributed by atoms with Crippen LogP contribution in [0.2, 0.25) is 0 Å². The quantitative estimate of drug-likeness (QED) is 0.548. The van der Waals surface area contributed by atoms with E-state index >= 15 is 0 Å². The summed E-state index contributed by atoms with van der Waals surface area (Å²) >= 11 is 0. The van der Waals surface area contributed by atoms with Crippen LogP contribution in [0.1, 0.15) is 10.4 Å². The summed E-state index contributed by atoms with van der Waals surface area (Å²) in [6.07, 6.45) is 3.52. The number of hydrogen-bond acceptors (Lipinski definition) is 6. The zero-order valence-corrected chi connectivity index (χ0v) is 16.8. The first-order chi connectivity index (χ1) is 15.2. The summed E-state index contributed by atoms with van der Waals surface area (Å²) in [7, 11) is 0. The molecule has 5 rings (SSSR count). The van der Waals surface area contributed by atoms with Gasteiger partial charge in [-0.25, -0.2) is 19.7 Å². The number of anilines is 2. The second-order valence-electron chi connectivity index (χ2n) is 7.46.